The minimum Gasteiger partial charge on any atom is -0.355 e. The number of hydrogen-bond acceptors (Lipinski definition) is 3. The van der Waals surface area contributed by atoms with Gasteiger partial charge in [-0.2, -0.15) is 0 Å². The van der Waals surface area contributed by atoms with Crippen LogP contribution in [-0.4, -0.2) is 37.1 Å². The van der Waals surface area contributed by atoms with Crippen molar-refractivity contribution in [3.05, 3.63) is 0 Å². The third-order valence-corrected chi connectivity index (χ3v) is 2.66. The van der Waals surface area contributed by atoms with E-state index in [0.29, 0.717) is 13.1 Å². The van der Waals surface area contributed by atoms with Gasteiger partial charge in [-0.25, -0.2) is 4.79 Å². The molecule has 0 radical (unpaired) electrons. The highest BCUT2D eigenvalue weighted by molar-refractivity contribution is 5.82. The van der Waals surface area contributed by atoms with E-state index in [4.69, 9.17) is 5.73 Å². The Labute approximate surface area is 115 Å². The molecule has 0 rings (SSSR count). The first-order valence-electron chi connectivity index (χ1n) is 6.91. The molecule has 0 fully saturated rings. The molecule has 0 aromatic rings. The zero-order valence-corrected chi connectivity index (χ0v) is 12.5. The van der Waals surface area contributed by atoms with Gasteiger partial charge in [-0.3, -0.25) is 4.79 Å². The minimum absolute atomic E-state index is 0.0339. The number of urea groups is 1. The van der Waals surface area contributed by atoms with Crippen molar-refractivity contribution in [1.29, 1.82) is 0 Å². The van der Waals surface area contributed by atoms with Crippen molar-refractivity contribution < 1.29 is 9.59 Å². The standard InChI is InChI=1S/C13H28N4O2/c1-9(2)11(17-10(3)4)12(18)15-7-5-6-8-16-13(14)19/h9-11,17H,5-8H2,1-4H3,(H,15,18)(H3,14,16,19)/t11-/m0/s1. The van der Waals surface area contributed by atoms with Crippen molar-refractivity contribution in [3.63, 3.8) is 0 Å². The maximum absolute atomic E-state index is 12.0. The Kier molecular flexibility index (Phi) is 8.95. The van der Waals surface area contributed by atoms with Crippen LogP contribution in [0, 0.1) is 5.92 Å². The Balaban J connectivity index is 3.84. The van der Waals surface area contributed by atoms with Crippen LogP contribution in [0.25, 0.3) is 0 Å². The fourth-order valence-electron chi connectivity index (χ4n) is 1.71. The predicted molar refractivity (Wildman–Crippen MR) is 76.7 cm³/mol. The fraction of sp³-hybridized carbons (Fsp3) is 0.846. The second-order valence-electron chi connectivity index (χ2n) is 5.33. The van der Waals surface area contributed by atoms with E-state index >= 15 is 0 Å². The molecule has 0 saturated heterocycles. The largest absolute Gasteiger partial charge is 0.355 e. The van der Waals surface area contributed by atoms with Crippen LogP contribution >= 0.6 is 0 Å². The molecule has 0 unspecified atom stereocenters. The summed E-state index contributed by atoms with van der Waals surface area (Å²) in [4.78, 5) is 22.4. The van der Waals surface area contributed by atoms with Gasteiger partial charge >= 0.3 is 6.03 Å². The minimum atomic E-state index is -0.509. The quantitative estimate of drug-likeness (QED) is 0.462. The van der Waals surface area contributed by atoms with Crippen molar-refractivity contribution >= 4 is 11.9 Å². The van der Waals surface area contributed by atoms with Crippen molar-refractivity contribution in [1.82, 2.24) is 16.0 Å². The molecule has 6 heteroatoms. The summed E-state index contributed by atoms with van der Waals surface area (Å²) in [7, 11) is 0. The van der Waals surface area contributed by atoms with Gasteiger partial charge in [0.05, 0.1) is 6.04 Å². The lowest BCUT2D eigenvalue weighted by Crippen LogP contribution is -2.50. The Morgan fingerprint density at radius 3 is 1.95 bits per heavy atom. The molecule has 0 aromatic carbocycles. The molecular weight excluding hydrogens is 244 g/mol. The van der Waals surface area contributed by atoms with Crippen molar-refractivity contribution in [2.45, 2.75) is 52.6 Å². The molecule has 3 amide bonds. The van der Waals surface area contributed by atoms with Gasteiger partial charge in [-0.05, 0) is 18.8 Å². The molecule has 0 aliphatic rings. The summed E-state index contributed by atoms with van der Waals surface area (Å²) in [5.41, 5.74) is 4.95. The highest BCUT2D eigenvalue weighted by Crippen LogP contribution is 2.03. The van der Waals surface area contributed by atoms with Gasteiger partial charge in [0.25, 0.3) is 0 Å². The normalized spacial score (nSPS) is 12.5. The van der Waals surface area contributed by atoms with Crippen LogP contribution in [0.4, 0.5) is 4.79 Å². The van der Waals surface area contributed by atoms with Gasteiger partial charge < -0.3 is 21.7 Å². The van der Waals surface area contributed by atoms with Crippen LogP contribution in [0.2, 0.25) is 0 Å². The van der Waals surface area contributed by atoms with Crippen LogP contribution in [0.5, 0.6) is 0 Å². The van der Waals surface area contributed by atoms with Gasteiger partial charge in [0.15, 0.2) is 0 Å². The first kappa shape index (κ1) is 17.7. The van der Waals surface area contributed by atoms with E-state index in [0.717, 1.165) is 12.8 Å². The van der Waals surface area contributed by atoms with E-state index in [1.807, 2.05) is 27.7 Å². The Morgan fingerprint density at radius 2 is 1.53 bits per heavy atom. The number of unbranched alkanes of at least 4 members (excludes halogenated alkanes) is 1. The number of hydrogen-bond donors (Lipinski definition) is 4. The molecule has 112 valence electrons. The average molecular weight is 272 g/mol. The molecule has 0 spiro atoms. The molecule has 0 saturated carbocycles. The van der Waals surface area contributed by atoms with E-state index < -0.39 is 6.03 Å². The van der Waals surface area contributed by atoms with E-state index in [2.05, 4.69) is 16.0 Å². The molecule has 0 bridgehead atoms. The van der Waals surface area contributed by atoms with Crippen LogP contribution in [0.1, 0.15) is 40.5 Å². The van der Waals surface area contributed by atoms with E-state index in [-0.39, 0.29) is 23.9 Å². The van der Waals surface area contributed by atoms with Gasteiger partial charge in [-0.15, -0.1) is 0 Å². The molecule has 19 heavy (non-hydrogen) atoms. The van der Waals surface area contributed by atoms with Crippen LogP contribution in [0.3, 0.4) is 0 Å². The van der Waals surface area contributed by atoms with Gasteiger partial charge in [0.2, 0.25) is 5.91 Å². The number of carbonyl (C=O) groups excluding carboxylic acids is 2. The topological polar surface area (TPSA) is 96.2 Å². The lowest BCUT2D eigenvalue weighted by Gasteiger charge is -2.23. The third-order valence-electron chi connectivity index (χ3n) is 2.66. The highest BCUT2D eigenvalue weighted by atomic mass is 16.2. The summed E-state index contributed by atoms with van der Waals surface area (Å²) < 4.78 is 0. The number of carbonyl (C=O) groups is 2. The van der Waals surface area contributed by atoms with E-state index in [1.54, 1.807) is 0 Å². The number of rotatable bonds is 9. The molecule has 5 N–H and O–H groups in total. The van der Waals surface area contributed by atoms with Crippen LogP contribution in [0.15, 0.2) is 0 Å². The SMILES string of the molecule is CC(C)N[C@H](C(=O)NCCCCNC(N)=O)C(C)C. The molecule has 0 aliphatic carbocycles. The second kappa shape index (κ2) is 9.61. The Bertz CT molecular complexity index is 280. The zero-order valence-electron chi connectivity index (χ0n) is 12.5. The van der Waals surface area contributed by atoms with Crippen molar-refractivity contribution in [2.24, 2.45) is 11.7 Å². The maximum atomic E-state index is 12.0. The van der Waals surface area contributed by atoms with Crippen molar-refractivity contribution in [3.8, 4) is 0 Å². The highest BCUT2D eigenvalue weighted by Gasteiger charge is 2.21. The average Bonchev–Trinajstić information content (AvgIpc) is 2.29. The van der Waals surface area contributed by atoms with Gasteiger partial charge in [0.1, 0.15) is 0 Å². The number of primary amides is 1. The van der Waals surface area contributed by atoms with Gasteiger partial charge in [-0.1, -0.05) is 27.7 Å². The maximum Gasteiger partial charge on any atom is 0.312 e. The molecule has 1 atom stereocenters. The summed E-state index contributed by atoms with van der Waals surface area (Å²) in [5, 5.41) is 8.69. The number of nitrogens with two attached hydrogens (primary N) is 1. The summed E-state index contributed by atoms with van der Waals surface area (Å²) in [6.45, 7) is 9.26. The summed E-state index contributed by atoms with van der Waals surface area (Å²) in [6, 6.07) is -0.397. The molecule has 6 nitrogen and oxygen atoms in total. The molecule has 0 aliphatic heterocycles. The first-order valence-corrected chi connectivity index (χ1v) is 6.91. The fourth-order valence-corrected chi connectivity index (χ4v) is 1.71. The molecule has 0 aromatic heterocycles. The van der Waals surface area contributed by atoms with E-state index in [1.165, 1.54) is 0 Å². The molecular formula is C13H28N4O2. The Hall–Kier alpha value is -1.30. The Morgan fingerprint density at radius 1 is 1.00 bits per heavy atom. The monoisotopic (exact) mass is 272 g/mol. The third kappa shape index (κ3) is 9.30. The first-order chi connectivity index (χ1) is 8.84. The van der Waals surface area contributed by atoms with Gasteiger partial charge in [0, 0.05) is 19.1 Å². The number of nitrogens with one attached hydrogen (secondary N) is 3. The smallest absolute Gasteiger partial charge is 0.312 e. The van der Waals surface area contributed by atoms with Crippen LogP contribution < -0.4 is 21.7 Å². The van der Waals surface area contributed by atoms with E-state index in [9.17, 15) is 9.59 Å². The predicted octanol–water partition coefficient (Wildman–Crippen LogP) is 0.574. The summed E-state index contributed by atoms with van der Waals surface area (Å²) in [6.07, 6.45) is 1.62. The second-order valence-corrected chi connectivity index (χ2v) is 5.33. The van der Waals surface area contributed by atoms with Crippen LogP contribution in [-0.2, 0) is 4.79 Å². The zero-order chi connectivity index (χ0) is 14.8. The summed E-state index contributed by atoms with van der Waals surface area (Å²) >= 11 is 0. The lowest BCUT2D eigenvalue weighted by molar-refractivity contribution is -0.124. The van der Waals surface area contributed by atoms with Crippen molar-refractivity contribution in [2.75, 3.05) is 13.1 Å². The molecule has 0 heterocycles. The summed E-state index contributed by atoms with van der Waals surface area (Å²) in [5.74, 6) is 0.283. The lowest BCUT2D eigenvalue weighted by atomic mass is 10.0. The number of amides is 3.